The molecule has 2 rings (SSSR count). The number of hydrogen-bond donors (Lipinski definition) is 1. The average Bonchev–Trinajstić information content (AvgIpc) is 2.42. The fraction of sp³-hybridized carbons (Fsp3) is 0.500. The molecule has 96 valence electrons. The second-order valence-electron chi connectivity index (χ2n) is 4.87. The first-order valence-electron chi connectivity index (χ1n) is 6.14. The topological polar surface area (TPSA) is 44.0 Å². The Morgan fingerprint density at radius 1 is 1.22 bits per heavy atom. The summed E-state index contributed by atoms with van der Waals surface area (Å²) in [4.78, 5) is 0. The van der Waals surface area contributed by atoms with Crippen molar-refractivity contribution in [3.8, 4) is 6.07 Å². The van der Waals surface area contributed by atoms with E-state index in [0.29, 0.717) is 28.5 Å². The second-order valence-corrected chi connectivity index (χ2v) is 5.66. The largest absolute Gasteiger partial charge is 0.387 e. The highest BCUT2D eigenvalue weighted by Crippen LogP contribution is 2.47. The van der Waals surface area contributed by atoms with Gasteiger partial charge in [0.1, 0.15) is 0 Å². The monoisotopic (exact) mass is 283 g/mol. The van der Waals surface area contributed by atoms with E-state index >= 15 is 0 Å². The molecular weight excluding hydrogens is 269 g/mol. The lowest BCUT2D eigenvalue weighted by Gasteiger charge is -2.35. The first-order chi connectivity index (χ1) is 8.60. The van der Waals surface area contributed by atoms with Gasteiger partial charge in [-0.2, -0.15) is 5.26 Å². The van der Waals surface area contributed by atoms with Crippen LogP contribution < -0.4 is 0 Å². The molecule has 18 heavy (non-hydrogen) atoms. The van der Waals surface area contributed by atoms with Crippen LogP contribution in [-0.2, 0) is 0 Å². The molecule has 4 heteroatoms. The van der Waals surface area contributed by atoms with Gasteiger partial charge < -0.3 is 5.11 Å². The van der Waals surface area contributed by atoms with Crippen LogP contribution >= 0.6 is 23.2 Å². The SMILES string of the molecule is N#CC1(C(O)c2cccc(Cl)c2Cl)CCCCC1. The van der Waals surface area contributed by atoms with E-state index in [-0.39, 0.29) is 0 Å². The number of nitriles is 1. The fourth-order valence-corrected chi connectivity index (χ4v) is 3.07. The summed E-state index contributed by atoms with van der Waals surface area (Å²) >= 11 is 12.1. The van der Waals surface area contributed by atoms with Crippen LogP contribution in [0.3, 0.4) is 0 Å². The van der Waals surface area contributed by atoms with E-state index in [1.165, 1.54) is 0 Å². The molecule has 0 amide bonds. The van der Waals surface area contributed by atoms with E-state index < -0.39 is 11.5 Å². The smallest absolute Gasteiger partial charge is 0.0991 e. The van der Waals surface area contributed by atoms with Crippen LogP contribution in [-0.4, -0.2) is 5.11 Å². The molecule has 0 aromatic heterocycles. The van der Waals surface area contributed by atoms with Crippen LogP contribution in [0.1, 0.15) is 43.8 Å². The summed E-state index contributed by atoms with van der Waals surface area (Å²) in [5.41, 5.74) is -0.153. The lowest BCUT2D eigenvalue weighted by Crippen LogP contribution is -2.30. The number of benzene rings is 1. The van der Waals surface area contributed by atoms with E-state index in [9.17, 15) is 10.4 Å². The van der Waals surface area contributed by atoms with Crippen molar-refractivity contribution in [2.45, 2.75) is 38.2 Å². The standard InChI is InChI=1S/C14H15Cl2NO/c15-11-6-4-5-10(12(11)16)13(18)14(9-17)7-2-1-3-8-14/h4-6,13,18H,1-3,7-8H2. The number of rotatable bonds is 2. The molecule has 2 nitrogen and oxygen atoms in total. The molecule has 1 aliphatic carbocycles. The van der Waals surface area contributed by atoms with Crippen molar-refractivity contribution in [2.24, 2.45) is 5.41 Å². The first-order valence-corrected chi connectivity index (χ1v) is 6.89. The van der Waals surface area contributed by atoms with E-state index in [1.807, 2.05) is 0 Å². The fourth-order valence-electron chi connectivity index (χ4n) is 2.66. The van der Waals surface area contributed by atoms with Crippen molar-refractivity contribution in [3.63, 3.8) is 0 Å². The Morgan fingerprint density at radius 2 is 1.89 bits per heavy atom. The number of hydrogen-bond acceptors (Lipinski definition) is 2. The van der Waals surface area contributed by atoms with Gasteiger partial charge in [0.05, 0.1) is 27.6 Å². The zero-order chi connectivity index (χ0) is 13.2. The Bertz CT molecular complexity index is 475. The van der Waals surface area contributed by atoms with Crippen molar-refractivity contribution >= 4 is 23.2 Å². The summed E-state index contributed by atoms with van der Waals surface area (Å²) in [5, 5.41) is 20.8. The summed E-state index contributed by atoms with van der Waals surface area (Å²) in [5.74, 6) is 0. The van der Waals surface area contributed by atoms with Crippen molar-refractivity contribution in [2.75, 3.05) is 0 Å². The van der Waals surface area contributed by atoms with Gasteiger partial charge in [0.15, 0.2) is 0 Å². The van der Waals surface area contributed by atoms with Crippen LogP contribution in [0.15, 0.2) is 18.2 Å². The highest BCUT2D eigenvalue weighted by atomic mass is 35.5. The zero-order valence-electron chi connectivity index (χ0n) is 10.00. The van der Waals surface area contributed by atoms with Gasteiger partial charge in [-0.05, 0) is 18.9 Å². The van der Waals surface area contributed by atoms with E-state index in [1.54, 1.807) is 18.2 Å². The zero-order valence-corrected chi connectivity index (χ0v) is 11.5. The van der Waals surface area contributed by atoms with E-state index in [2.05, 4.69) is 6.07 Å². The molecule has 1 N–H and O–H groups in total. The molecule has 0 saturated heterocycles. The summed E-state index contributed by atoms with van der Waals surface area (Å²) in [7, 11) is 0. The molecule has 0 radical (unpaired) electrons. The molecule has 1 unspecified atom stereocenters. The van der Waals surface area contributed by atoms with Crippen LogP contribution in [0.2, 0.25) is 10.0 Å². The van der Waals surface area contributed by atoms with Crippen LogP contribution in [0.25, 0.3) is 0 Å². The van der Waals surface area contributed by atoms with Gasteiger partial charge in [0, 0.05) is 5.56 Å². The third-order valence-corrected chi connectivity index (χ3v) is 4.60. The van der Waals surface area contributed by atoms with Crippen molar-refractivity contribution in [1.29, 1.82) is 5.26 Å². The highest BCUT2D eigenvalue weighted by molar-refractivity contribution is 6.42. The summed E-state index contributed by atoms with van der Waals surface area (Å²) in [6, 6.07) is 7.48. The van der Waals surface area contributed by atoms with Crippen molar-refractivity contribution in [1.82, 2.24) is 0 Å². The van der Waals surface area contributed by atoms with Crippen molar-refractivity contribution < 1.29 is 5.11 Å². The Hall–Kier alpha value is -0.750. The Labute approximate surface area is 117 Å². The Morgan fingerprint density at radius 3 is 2.50 bits per heavy atom. The number of nitrogens with zero attached hydrogens (tertiary/aromatic N) is 1. The molecule has 1 saturated carbocycles. The number of aliphatic hydroxyl groups is 1. The van der Waals surface area contributed by atoms with Gasteiger partial charge in [-0.25, -0.2) is 0 Å². The summed E-state index contributed by atoms with van der Waals surface area (Å²) in [6.45, 7) is 0. The van der Waals surface area contributed by atoms with Crippen LogP contribution in [0, 0.1) is 16.7 Å². The molecule has 1 atom stereocenters. The van der Waals surface area contributed by atoms with Crippen LogP contribution in [0.4, 0.5) is 0 Å². The van der Waals surface area contributed by atoms with Gasteiger partial charge in [-0.15, -0.1) is 0 Å². The molecule has 1 aromatic rings. The number of aliphatic hydroxyl groups excluding tert-OH is 1. The predicted octanol–water partition coefficient (Wildman–Crippen LogP) is 4.50. The Kier molecular flexibility index (Phi) is 4.17. The molecule has 1 aromatic carbocycles. The molecule has 0 aliphatic heterocycles. The van der Waals surface area contributed by atoms with E-state index in [0.717, 1.165) is 19.3 Å². The average molecular weight is 284 g/mol. The van der Waals surface area contributed by atoms with Crippen LogP contribution in [0.5, 0.6) is 0 Å². The van der Waals surface area contributed by atoms with Gasteiger partial charge >= 0.3 is 0 Å². The molecule has 1 fully saturated rings. The maximum Gasteiger partial charge on any atom is 0.0991 e. The van der Waals surface area contributed by atoms with Gasteiger partial charge in [0.25, 0.3) is 0 Å². The molecule has 0 bridgehead atoms. The third-order valence-electron chi connectivity index (χ3n) is 3.77. The molecular formula is C14H15Cl2NO. The lowest BCUT2D eigenvalue weighted by atomic mass is 9.69. The second kappa shape index (κ2) is 5.48. The van der Waals surface area contributed by atoms with Gasteiger partial charge in [-0.1, -0.05) is 54.6 Å². The minimum Gasteiger partial charge on any atom is -0.387 e. The Balaban J connectivity index is 2.37. The van der Waals surface area contributed by atoms with Gasteiger partial charge in [0.2, 0.25) is 0 Å². The molecule has 0 spiro atoms. The summed E-state index contributed by atoms with van der Waals surface area (Å²) in [6.07, 6.45) is 3.64. The maximum atomic E-state index is 10.5. The number of halogens is 2. The van der Waals surface area contributed by atoms with Gasteiger partial charge in [-0.3, -0.25) is 0 Å². The normalized spacial score (nSPS) is 20.1. The third kappa shape index (κ3) is 2.36. The predicted molar refractivity (Wildman–Crippen MR) is 72.6 cm³/mol. The minimum absolute atomic E-state index is 0.354. The van der Waals surface area contributed by atoms with E-state index in [4.69, 9.17) is 23.2 Å². The summed E-state index contributed by atoms with van der Waals surface area (Å²) < 4.78 is 0. The van der Waals surface area contributed by atoms with Crippen molar-refractivity contribution in [3.05, 3.63) is 33.8 Å². The first kappa shape index (κ1) is 13.7. The molecule has 0 heterocycles. The highest BCUT2D eigenvalue weighted by Gasteiger charge is 2.41. The minimum atomic E-state index is -0.867. The quantitative estimate of drug-likeness (QED) is 0.868. The lowest BCUT2D eigenvalue weighted by molar-refractivity contribution is 0.0361. The molecule has 1 aliphatic rings. The maximum absolute atomic E-state index is 10.5.